The Morgan fingerprint density at radius 1 is 1.14 bits per heavy atom. The van der Waals surface area contributed by atoms with Gasteiger partial charge in [0.1, 0.15) is 11.6 Å². The first-order valence-electron chi connectivity index (χ1n) is 8.58. The molecule has 4 rings (SSSR count). The molecule has 0 spiro atoms. The molecule has 28 heavy (non-hydrogen) atoms. The first-order chi connectivity index (χ1) is 13.7. The molecule has 138 valence electrons. The second-order valence-corrected chi connectivity index (χ2v) is 7.79. The summed E-state index contributed by atoms with van der Waals surface area (Å²) in [5.41, 5.74) is 3.49. The molecule has 2 aromatic heterocycles. The quantitative estimate of drug-likeness (QED) is 0.281. The van der Waals surface area contributed by atoms with Crippen LogP contribution in [0.25, 0.3) is 27.6 Å². The van der Waals surface area contributed by atoms with Crippen molar-refractivity contribution < 1.29 is 9.53 Å². The fraction of sp³-hybridized carbons (Fsp3) is 0.0455. The van der Waals surface area contributed by atoms with Crippen LogP contribution in [-0.2, 0) is 16.1 Å². The minimum atomic E-state index is -0.412. The van der Waals surface area contributed by atoms with Crippen LogP contribution in [0, 0.1) is 0 Å². The van der Waals surface area contributed by atoms with Crippen LogP contribution >= 0.6 is 27.3 Å². The molecule has 0 radical (unpaired) electrons. The van der Waals surface area contributed by atoms with Crippen molar-refractivity contribution in [3.63, 3.8) is 0 Å². The number of benzene rings is 2. The number of para-hydroxylation sites is 1. The molecule has 0 N–H and O–H groups in total. The molecular weight excluding hydrogens is 436 g/mol. The highest BCUT2D eigenvalue weighted by atomic mass is 79.9. The van der Waals surface area contributed by atoms with E-state index in [0.29, 0.717) is 0 Å². The summed E-state index contributed by atoms with van der Waals surface area (Å²) in [6, 6.07) is 17.7. The number of thiazole rings is 1. The summed E-state index contributed by atoms with van der Waals surface area (Å²) < 4.78 is 6.32. The van der Waals surface area contributed by atoms with E-state index >= 15 is 0 Å². The summed E-state index contributed by atoms with van der Waals surface area (Å²) in [5.74, 6) is -0.412. The van der Waals surface area contributed by atoms with Gasteiger partial charge in [0, 0.05) is 38.6 Å². The number of fused-ring (bicyclic) bond motifs is 1. The average molecular weight is 451 g/mol. The van der Waals surface area contributed by atoms with Crippen LogP contribution in [0.1, 0.15) is 11.3 Å². The number of hydrogen-bond acceptors (Lipinski definition) is 5. The summed E-state index contributed by atoms with van der Waals surface area (Å²) in [5, 5.41) is 3.83. The van der Waals surface area contributed by atoms with Gasteiger partial charge in [-0.05, 0) is 24.3 Å². The van der Waals surface area contributed by atoms with Crippen molar-refractivity contribution in [3.05, 3.63) is 88.0 Å². The van der Waals surface area contributed by atoms with Crippen molar-refractivity contribution in [2.24, 2.45) is 0 Å². The van der Waals surface area contributed by atoms with Crippen LogP contribution in [0.15, 0.2) is 76.7 Å². The molecule has 0 atom stereocenters. The highest BCUT2D eigenvalue weighted by Gasteiger charge is 2.07. The zero-order chi connectivity index (χ0) is 19.3. The molecule has 0 aliphatic heterocycles. The minimum absolute atomic E-state index is 0.140. The maximum atomic E-state index is 12.1. The topological polar surface area (TPSA) is 52.1 Å². The van der Waals surface area contributed by atoms with Gasteiger partial charge in [-0.3, -0.25) is 4.98 Å². The average Bonchev–Trinajstić information content (AvgIpc) is 3.20. The number of rotatable bonds is 5. The molecular formula is C22H15BrN2O2S. The van der Waals surface area contributed by atoms with Gasteiger partial charge in [-0.1, -0.05) is 52.3 Å². The Morgan fingerprint density at radius 2 is 2.00 bits per heavy atom. The molecule has 0 aliphatic carbocycles. The van der Waals surface area contributed by atoms with Gasteiger partial charge >= 0.3 is 5.97 Å². The van der Waals surface area contributed by atoms with E-state index in [1.807, 2.05) is 60.0 Å². The van der Waals surface area contributed by atoms with Gasteiger partial charge in [-0.25, -0.2) is 9.78 Å². The predicted octanol–water partition coefficient (Wildman–Crippen LogP) is 5.88. The van der Waals surface area contributed by atoms with Crippen LogP contribution < -0.4 is 0 Å². The Balaban J connectivity index is 1.40. The zero-order valence-electron chi connectivity index (χ0n) is 14.7. The van der Waals surface area contributed by atoms with Crippen molar-refractivity contribution in [1.82, 2.24) is 9.97 Å². The number of carbonyl (C=O) groups is 1. The third kappa shape index (κ3) is 4.35. The first kappa shape index (κ1) is 18.5. The number of hydrogen-bond donors (Lipinski definition) is 0. The second kappa shape index (κ2) is 8.46. The van der Waals surface area contributed by atoms with E-state index in [2.05, 4.69) is 25.9 Å². The summed E-state index contributed by atoms with van der Waals surface area (Å²) in [7, 11) is 0. The fourth-order valence-electron chi connectivity index (χ4n) is 2.74. The summed E-state index contributed by atoms with van der Waals surface area (Å²) in [6.45, 7) is 0.140. The van der Waals surface area contributed by atoms with E-state index in [1.165, 1.54) is 17.4 Å². The summed E-state index contributed by atoms with van der Waals surface area (Å²) in [6.07, 6.45) is 4.89. The standard InChI is InChI=1S/C22H15BrN2O2S/c23-18-8-2-6-17(12-18)22-25-19(14-28-22)13-27-20(26)10-9-16-5-1-4-15-7-3-11-24-21(15)16/h1-12,14H,13H2/b10-9+. The number of halogens is 1. The van der Waals surface area contributed by atoms with Gasteiger partial charge in [0.25, 0.3) is 0 Å². The Kier molecular flexibility index (Phi) is 5.60. The molecule has 0 bridgehead atoms. The van der Waals surface area contributed by atoms with E-state index in [-0.39, 0.29) is 6.61 Å². The molecule has 0 amide bonds. The van der Waals surface area contributed by atoms with E-state index in [0.717, 1.165) is 37.2 Å². The number of esters is 1. The van der Waals surface area contributed by atoms with Gasteiger partial charge in [-0.15, -0.1) is 11.3 Å². The first-order valence-corrected chi connectivity index (χ1v) is 10.3. The van der Waals surface area contributed by atoms with Crippen molar-refractivity contribution in [2.75, 3.05) is 0 Å². The lowest BCUT2D eigenvalue weighted by atomic mass is 10.1. The van der Waals surface area contributed by atoms with Crippen molar-refractivity contribution in [2.45, 2.75) is 6.61 Å². The van der Waals surface area contributed by atoms with Crippen molar-refractivity contribution in [1.29, 1.82) is 0 Å². The van der Waals surface area contributed by atoms with Crippen LogP contribution in [0.2, 0.25) is 0 Å². The van der Waals surface area contributed by atoms with Gasteiger partial charge < -0.3 is 4.74 Å². The Labute approximate surface area is 174 Å². The predicted molar refractivity (Wildman–Crippen MR) is 116 cm³/mol. The van der Waals surface area contributed by atoms with E-state index in [9.17, 15) is 4.79 Å². The molecule has 2 heterocycles. The van der Waals surface area contributed by atoms with Crippen LogP contribution in [0.4, 0.5) is 0 Å². The maximum absolute atomic E-state index is 12.1. The van der Waals surface area contributed by atoms with Gasteiger partial charge in [0.2, 0.25) is 0 Å². The normalized spacial score (nSPS) is 11.2. The summed E-state index contributed by atoms with van der Waals surface area (Å²) >= 11 is 4.99. The molecule has 0 fully saturated rings. The molecule has 0 saturated heterocycles. The summed E-state index contributed by atoms with van der Waals surface area (Å²) in [4.78, 5) is 21.0. The Hall–Kier alpha value is -2.83. The maximum Gasteiger partial charge on any atom is 0.331 e. The monoisotopic (exact) mass is 450 g/mol. The number of carbonyl (C=O) groups excluding carboxylic acids is 1. The second-order valence-electron chi connectivity index (χ2n) is 6.02. The van der Waals surface area contributed by atoms with E-state index in [4.69, 9.17) is 4.74 Å². The molecule has 6 heteroatoms. The van der Waals surface area contributed by atoms with Gasteiger partial charge in [0.15, 0.2) is 0 Å². The highest BCUT2D eigenvalue weighted by molar-refractivity contribution is 9.10. The lowest BCUT2D eigenvalue weighted by Gasteiger charge is -2.01. The smallest absolute Gasteiger partial charge is 0.331 e. The Bertz CT molecular complexity index is 1160. The van der Waals surface area contributed by atoms with E-state index < -0.39 is 5.97 Å². The van der Waals surface area contributed by atoms with Crippen molar-refractivity contribution in [3.8, 4) is 10.6 Å². The Morgan fingerprint density at radius 3 is 2.89 bits per heavy atom. The fourth-order valence-corrected chi connectivity index (χ4v) is 3.94. The van der Waals surface area contributed by atoms with Gasteiger partial charge in [0.05, 0.1) is 11.2 Å². The third-order valence-electron chi connectivity index (χ3n) is 4.05. The van der Waals surface area contributed by atoms with Crippen LogP contribution in [0.3, 0.4) is 0 Å². The molecule has 2 aromatic carbocycles. The molecule has 4 aromatic rings. The lowest BCUT2D eigenvalue weighted by Crippen LogP contribution is -2.01. The molecule has 0 unspecified atom stereocenters. The number of aromatic nitrogens is 2. The lowest BCUT2D eigenvalue weighted by molar-refractivity contribution is -0.139. The zero-order valence-corrected chi connectivity index (χ0v) is 17.1. The largest absolute Gasteiger partial charge is 0.456 e. The van der Waals surface area contributed by atoms with Crippen LogP contribution in [0.5, 0.6) is 0 Å². The van der Waals surface area contributed by atoms with Crippen molar-refractivity contribution >= 4 is 50.2 Å². The molecule has 4 nitrogen and oxygen atoms in total. The number of pyridine rings is 1. The minimum Gasteiger partial charge on any atom is -0.456 e. The van der Waals surface area contributed by atoms with Crippen LogP contribution in [-0.4, -0.2) is 15.9 Å². The molecule has 0 saturated carbocycles. The SMILES string of the molecule is O=C(/C=C/c1cccc2cccnc12)OCc1csc(-c2cccc(Br)c2)n1. The number of nitrogens with zero attached hydrogens (tertiary/aromatic N) is 2. The third-order valence-corrected chi connectivity index (χ3v) is 5.48. The number of ether oxygens (including phenoxy) is 1. The highest BCUT2D eigenvalue weighted by Crippen LogP contribution is 2.26. The molecule has 0 aliphatic rings. The van der Waals surface area contributed by atoms with E-state index in [1.54, 1.807) is 12.3 Å². The van der Waals surface area contributed by atoms with Gasteiger partial charge in [-0.2, -0.15) is 0 Å².